The van der Waals surface area contributed by atoms with Gasteiger partial charge in [0.25, 0.3) is 0 Å². The highest BCUT2D eigenvalue weighted by atomic mass is 35.5. The molecule has 62 heteroatoms. The van der Waals surface area contributed by atoms with Gasteiger partial charge < -0.3 is 150 Å². The Kier molecular flexibility index (Phi) is 42.7. The zero-order valence-electron chi connectivity index (χ0n) is 75.2. The highest BCUT2D eigenvalue weighted by molar-refractivity contribution is 6.30. The Hall–Kier alpha value is -18.9. The van der Waals surface area contributed by atoms with Crippen molar-refractivity contribution in [2.45, 2.75) is 71.8 Å². The van der Waals surface area contributed by atoms with Gasteiger partial charge in [-0.15, -0.1) is 56.1 Å². The van der Waals surface area contributed by atoms with E-state index in [9.17, 15) is 5.11 Å². The number of aromatic amines is 11. The molecule has 61 nitrogen and oxygen atoms in total. The van der Waals surface area contributed by atoms with Gasteiger partial charge in [-0.25, -0.2) is 56.1 Å². The summed E-state index contributed by atoms with van der Waals surface area (Å²) in [6.07, 6.45) is 11.4. The summed E-state index contributed by atoms with van der Waals surface area (Å²) >= 11 is 5.80. The van der Waals surface area contributed by atoms with E-state index in [1.54, 1.807) is 36.8 Å². The van der Waals surface area contributed by atoms with E-state index in [2.05, 4.69) is 234 Å². The fourth-order valence-corrected chi connectivity index (χ4v) is 10.3. The van der Waals surface area contributed by atoms with Crippen molar-refractivity contribution in [2.24, 2.45) is 0 Å². The molecule has 1 aliphatic rings. The number of furan rings is 2. The zero-order chi connectivity index (χ0) is 98.5. The van der Waals surface area contributed by atoms with Crippen LogP contribution in [-0.2, 0) is 32.1 Å². The minimum Gasteiger partial charge on any atom is -0.504 e. The quantitative estimate of drug-likeness (QED) is 0.0224. The lowest BCUT2D eigenvalue weighted by Crippen LogP contribution is -2.10. The number of nitrogens with one attached hydrogen (secondary N) is 20. The topological polar surface area (TPSA) is 966 Å². The highest BCUT2D eigenvalue weighted by Gasteiger charge is 2.14. The first-order valence-electron chi connectivity index (χ1n) is 41.3. The van der Waals surface area contributed by atoms with E-state index in [0.717, 1.165) is 104 Å². The van der Waals surface area contributed by atoms with Gasteiger partial charge in [0.1, 0.15) is 5.76 Å². The number of hydrogen-bond acceptors (Lipinski definition) is 50. The normalized spacial score (nSPS) is 10.4. The molecular weight excluding hydrogens is 1800 g/mol. The Morgan fingerprint density at radius 2 is 0.818 bits per heavy atom. The SMILES string of the molecule is CC(C)Nc1n[nH]c(Nc2ccc(Cl)cc2)n1.CCCCNc1n[nH]c(N)n1.CN(C)c1n[nH]c(N)n1.CNc1n[nH]c(N)n1.Nc1n[nH]c(N)n1.Nc1n[nH]c(N)n1.Nc1nc(NCCc2ccc(O)c(O)c2)n[nH]1.Nc1nc(NCCc2ccc3c(c2)OCO3)n[nH]1.Nc1nc(NCCc2ccccc2)n[nH]1.Nc1nc(NCCc2ccco2)n[nH]1.Nc1nc(NCCc2ccoc2)n[nH]1. The number of hydrogen-bond donors (Lipinski definition) is 34. The first-order chi connectivity index (χ1) is 66.0. The molecule has 0 bridgehead atoms. The number of halogens is 1. The number of aromatic nitrogens is 33. The van der Waals surface area contributed by atoms with E-state index >= 15 is 0 Å². The van der Waals surface area contributed by atoms with Crippen molar-refractivity contribution in [3.05, 3.63) is 161 Å². The van der Waals surface area contributed by atoms with Gasteiger partial charge in [0, 0.05) is 83.6 Å². The summed E-state index contributed by atoms with van der Waals surface area (Å²) in [4.78, 5) is 44.1. The van der Waals surface area contributed by atoms with Crippen LogP contribution >= 0.6 is 11.6 Å². The number of nitrogen functional groups attached to an aromatic ring is 12. The smallest absolute Gasteiger partial charge is 0.245 e. The van der Waals surface area contributed by atoms with E-state index in [4.69, 9.17) is 104 Å². The van der Waals surface area contributed by atoms with Gasteiger partial charge in [-0.3, -0.25) is 0 Å². The minimum atomic E-state index is -0.122. The molecule has 0 fully saturated rings. The summed E-state index contributed by atoms with van der Waals surface area (Å²) in [5.41, 5.74) is 68.3. The average molecular weight is 1920 g/mol. The molecule has 14 heterocycles. The molecule has 0 atom stereocenters. The molecular formula is C75H114ClN55O6. The molecule has 0 spiro atoms. The summed E-state index contributed by atoms with van der Waals surface area (Å²) in [5, 5.41) is 115. The fraction of sp³-hybridized carbons (Fsp3) is 0.280. The third-order valence-electron chi connectivity index (χ3n) is 16.4. The molecule has 4 aromatic carbocycles. The van der Waals surface area contributed by atoms with Crippen molar-refractivity contribution in [1.82, 2.24) is 167 Å². The van der Waals surface area contributed by atoms with Crippen LogP contribution in [0.3, 0.4) is 0 Å². The van der Waals surface area contributed by atoms with Crippen LogP contribution in [0.1, 0.15) is 61.6 Å². The maximum absolute atomic E-state index is 9.30. The zero-order valence-corrected chi connectivity index (χ0v) is 76.0. The first kappa shape index (κ1) is 103. The molecule has 1 aliphatic heterocycles. The fourth-order valence-electron chi connectivity index (χ4n) is 10.2. The lowest BCUT2D eigenvalue weighted by atomic mass is 10.1. The van der Waals surface area contributed by atoms with Crippen molar-refractivity contribution in [3.8, 4) is 23.0 Å². The van der Waals surface area contributed by atoms with Crippen LogP contribution in [0.5, 0.6) is 23.0 Å². The average Bonchev–Trinajstić information content (AvgIpc) is 1.73. The molecule has 0 saturated heterocycles. The second kappa shape index (κ2) is 56.5. The lowest BCUT2D eigenvalue weighted by Gasteiger charge is -2.04. The summed E-state index contributed by atoms with van der Waals surface area (Å²) in [5.74, 6) is 11.1. The van der Waals surface area contributed by atoms with Crippen molar-refractivity contribution < 1.29 is 28.5 Å². The van der Waals surface area contributed by atoms with Crippen LogP contribution < -0.4 is 131 Å². The number of aromatic hydroxyl groups is 2. The lowest BCUT2D eigenvalue weighted by molar-refractivity contribution is 0.174. The number of fused-ring (bicyclic) bond motifs is 1. The van der Waals surface area contributed by atoms with Crippen molar-refractivity contribution >= 4 is 148 Å². The minimum absolute atomic E-state index is 0.121. The number of nitrogens with zero attached hydrogens (tertiary/aromatic N) is 23. The van der Waals surface area contributed by atoms with Gasteiger partial charge in [0.2, 0.25) is 138 Å². The number of H-pyrrole nitrogens is 11. The maximum Gasteiger partial charge on any atom is 0.245 e. The molecule has 46 N–H and O–H groups in total. The summed E-state index contributed by atoms with van der Waals surface area (Å²) in [7, 11) is 5.42. The number of unbranched alkanes of at least 4 members (excludes halogenated alkanes) is 1. The van der Waals surface area contributed by atoms with Crippen molar-refractivity contribution in [1.29, 1.82) is 0 Å². The molecule has 137 heavy (non-hydrogen) atoms. The maximum atomic E-state index is 9.30. The number of nitrogens with two attached hydrogens (primary N) is 12. The molecule has 0 radical (unpaired) electrons. The third kappa shape index (κ3) is 41.6. The molecule has 0 amide bonds. The molecule has 732 valence electrons. The van der Waals surface area contributed by atoms with E-state index in [1.165, 1.54) is 17.7 Å². The molecule has 17 aromatic rings. The second-order valence-corrected chi connectivity index (χ2v) is 28.4. The predicted octanol–water partition coefficient (Wildman–Crippen LogP) is 3.97. The number of ether oxygens (including phenoxy) is 2. The monoisotopic (exact) mass is 1920 g/mol. The van der Waals surface area contributed by atoms with Crippen LogP contribution in [0, 0.1) is 0 Å². The first-order valence-corrected chi connectivity index (χ1v) is 41.7. The Balaban J connectivity index is 0.000000187. The van der Waals surface area contributed by atoms with Crippen LogP contribution in [0.25, 0.3) is 0 Å². The van der Waals surface area contributed by atoms with Gasteiger partial charge >= 0.3 is 0 Å². The molecule has 18 rings (SSSR count). The Morgan fingerprint density at radius 3 is 1.20 bits per heavy atom. The largest absolute Gasteiger partial charge is 0.504 e. The number of rotatable bonds is 30. The molecule has 0 unspecified atom stereocenters. The molecule has 13 aromatic heterocycles. The summed E-state index contributed by atoms with van der Waals surface area (Å²) in [6.45, 7) is 11.0. The highest BCUT2D eigenvalue weighted by Crippen LogP contribution is 2.33. The number of benzene rings is 4. The van der Waals surface area contributed by atoms with Crippen LogP contribution in [0.4, 0.5) is 137 Å². The van der Waals surface area contributed by atoms with Gasteiger partial charge in [-0.2, -0.15) is 54.8 Å². The van der Waals surface area contributed by atoms with Crippen LogP contribution in [-0.4, -0.2) is 250 Å². The van der Waals surface area contributed by atoms with E-state index < -0.39 is 0 Å². The third-order valence-corrected chi connectivity index (χ3v) is 16.7. The second-order valence-electron chi connectivity index (χ2n) is 27.9. The number of phenols is 2. The van der Waals surface area contributed by atoms with Gasteiger partial charge in [0.15, 0.2) is 23.0 Å². The van der Waals surface area contributed by atoms with E-state index in [1.807, 2.05) is 107 Å². The standard InChI is InChI=1S/C11H14ClN5.C11H13N5O2.C10H13N5O2.C10H13N5.2C8H11N5O.C6H13N5.C4H9N5.C3H7N5.2C2H5N5/c1-7(2)13-10-15-11(17-16-10)14-9-5-3-8(12)4-6-9;12-10-14-11(16-15-10)13-4-3-7-1-2-8-9(5-7)18-6-17-8;11-9-13-10(15-14-9)12-4-3-6-1-2-7(16)8(17)5-6;11-9-13-10(15-14-9)12-7-6-8-4-2-1-3-5-8;9-7-11-8(13-12-7)10-3-1-6-2-4-14-5-6;9-7-11-8(13-12-7)10-4-3-6-2-1-5-14-6;1-2-3-4-8-6-9-5(7)10-11-6;1-9(2)4-6-3(5)7-8-4;1-5-3-6-2(4)7-8-3;2*3-1-5-2(4)7-6-1/h3-7H,1-2H3,(H3,13,14,15,16,17);1-2,5H,3-4,6H2,(H4,12,13,14,15,16);1-2,5,16-17H,3-4H2,(H4,11,12,13,14,15);1-5H,6-7H2,(H4,11,12,13,14,15);2,4-5H,1,3H2,(H4,9,10,11,12,13);1-2,5H,3-4H2,(H4,9,10,11,12,13);2-4H2,1H3,(H4,7,8,9,10,11);1-2H3,(H3,5,6,7,8);1H3,(H4,4,5,6,7,8);2*(H5,3,4,5,6,7). The van der Waals surface area contributed by atoms with E-state index in [0.29, 0.717) is 138 Å². The van der Waals surface area contributed by atoms with Crippen LogP contribution in [0.2, 0.25) is 5.02 Å². The Labute approximate surface area is 784 Å². The number of phenolic OH excluding ortho intramolecular Hbond substituents is 2. The van der Waals surface area contributed by atoms with Crippen molar-refractivity contribution in [2.75, 3.05) is 189 Å². The molecule has 0 aliphatic carbocycles. The van der Waals surface area contributed by atoms with Gasteiger partial charge in [0.05, 0.1) is 18.8 Å². The van der Waals surface area contributed by atoms with Crippen LogP contribution in [0.15, 0.2) is 137 Å². The Morgan fingerprint density at radius 1 is 0.394 bits per heavy atom. The summed E-state index contributed by atoms with van der Waals surface area (Å²) < 4.78 is 20.7. The summed E-state index contributed by atoms with van der Waals surface area (Å²) in [6, 6.07) is 34.3. The van der Waals surface area contributed by atoms with Crippen molar-refractivity contribution in [3.63, 3.8) is 0 Å². The van der Waals surface area contributed by atoms with E-state index in [-0.39, 0.29) is 41.2 Å². The predicted molar refractivity (Wildman–Crippen MR) is 521 cm³/mol. The van der Waals surface area contributed by atoms with Gasteiger partial charge in [-0.05, 0) is 135 Å². The Bertz CT molecular complexity index is 5900. The number of anilines is 23. The van der Waals surface area contributed by atoms with Gasteiger partial charge in [-0.1, -0.05) is 67.4 Å². The molecule has 0 saturated carbocycles.